The van der Waals surface area contributed by atoms with Gasteiger partial charge in [-0.05, 0) is 39.8 Å². The van der Waals surface area contributed by atoms with Crippen LogP contribution in [0.2, 0.25) is 0 Å². The third-order valence-electron chi connectivity index (χ3n) is 4.09. The summed E-state index contributed by atoms with van der Waals surface area (Å²) in [6.07, 6.45) is 0. The van der Waals surface area contributed by atoms with E-state index >= 15 is 0 Å². The molecule has 1 aromatic carbocycles. The molecule has 1 unspecified atom stereocenters. The average molecular weight is 405 g/mol. The van der Waals surface area contributed by atoms with Gasteiger partial charge in [-0.3, -0.25) is 14.9 Å². The van der Waals surface area contributed by atoms with Crippen LogP contribution < -0.4 is 5.32 Å². The smallest absolute Gasteiger partial charge is 0.269 e. The van der Waals surface area contributed by atoms with E-state index in [9.17, 15) is 14.9 Å². The fourth-order valence-electron chi connectivity index (χ4n) is 2.48. The van der Waals surface area contributed by atoms with Gasteiger partial charge in [-0.1, -0.05) is 20.8 Å². The summed E-state index contributed by atoms with van der Waals surface area (Å²) in [6.45, 7) is 14.2. The van der Waals surface area contributed by atoms with E-state index in [1.54, 1.807) is 12.1 Å². The Balaban J connectivity index is 2.17. The molecule has 0 bridgehead atoms. The Morgan fingerprint density at radius 2 is 1.75 bits per heavy atom. The van der Waals surface area contributed by atoms with Crippen LogP contribution in [0.4, 0.5) is 11.5 Å². The zero-order valence-electron chi connectivity index (χ0n) is 17.4. The number of carbonyl (C=O) groups is 1. The zero-order chi connectivity index (χ0) is 21.3. The number of benzene rings is 1. The second-order valence-electron chi connectivity index (χ2n) is 8.75. The van der Waals surface area contributed by atoms with Crippen molar-refractivity contribution < 1.29 is 9.72 Å². The van der Waals surface area contributed by atoms with Gasteiger partial charge in [0.05, 0.1) is 21.4 Å². The molecule has 8 heteroatoms. The van der Waals surface area contributed by atoms with Crippen molar-refractivity contribution in [3.8, 4) is 0 Å². The van der Waals surface area contributed by atoms with Crippen molar-refractivity contribution in [2.75, 3.05) is 5.32 Å². The highest BCUT2D eigenvalue weighted by Crippen LogP contribution is 2.30. The van der Waals surface area contributed by atoms with Gasteiger partial charge < -0.3 is 5.32 Å². The minimum atomic E-state index is -0.439. The number of rotatable bonds is 5. The van der Waals surface area contributed by atoms with Crippen LogP contribution >= 0.6 is 11.8 Å². The van der Waals surface area contributed by atoms with Crippen molar-refractivity contribution in [3.63, 3.8) is 0 Å². The first-order chi connectivity index (χ1) is 12.8. The van der Waals surface area contributed by atoms with Crippen molar-refractivity contribution in [2.45, 2.75) is 69.6 Å². The number of aromatic nitrogens is 2. The summed E-state index contributed by atoms with van der Waals surface area (Å²) in [7, 11) is 0. The molecule has 2 aromatic rings. The fourth-order valence-corrected chi connectivity index (χ4v) is 3.35. The van der Waals surface area contributed by atoms with E-state index in [1.807, 2.05) is 38.4 Å². The number of amides is 1. The predicted molar refractivity (Wildman–Crippen MR) is 113 cm³/mol. The third kappa shape index (κ3) is 5.34. The summed E-state index contributed by atoms with van der Waals surface area (Å²) >= 11 is 1.35. The third-order valence-corrected chi connectivity index (χ3v) is 5.21. The molecule has 1 heterocycles. The number of carbonyl (C=O) groups excluding carboxylic acids is 1. The average Bonchev–Trinajstić information content (AvgIpc) is 2.99. The van der Waals surface area contributed by atoms with Gasteiger partial charge >= 0.3 is 0 Å². The molecule has 0 radical (unpaired) electrons. The first-order valence-corrected chi connectivity index (χ1v) is 10.00. The van der Waals surface area contributed by atoms with E-state index < -0.39 is 4.92 Å². The molecule has 0 saturated carbocycles. The largest absolute Gasteiger partial charge is 0.310 e. The zero-order valence-corrected chi connectivity index (χ0v) is 18.3. The molecule has 1 N–H and O–H groups in total. The van der Waals surface area contributed by atoms with Gasteiger partial charge in [-0.15, -0.1) is 11.8 Å². The number of anilines is 1. The van der Waals surface area contributed by atoms with Crippen LogP contribution in [-0.4, -0.2) is 25.9 Å². The summed E-state index contributed by atoms with van der Waals surface area (Å²) in [4.78, 5) is 23.9. The Hall–Kier alpha value is -2.35. The van der Waals surface area contributed by atoms with Crippen molar-refractivity contribution in [2.24, 2.45) is 0 Å². The Morgan fingerprint density at radius 1 is 1.18 bits per heavy atom. The molecular weight excluding hydrogens is 376 g/mol. The van der Waals surface area contributed by atoms with Gasteiger partial charge in [0.1, 0.15) is 5.82 Å². The van der Waals surface area contributed by atoms with Crippen LogP contribution in [0.1, 0.15) is 54.2 Å². The molecule has 0 aliphatic heterocycles. The van der Waals surface area contributed by atoms with Crippen molar-refractivity contribution in [3.05, 3.63) is 46.1 Å². The first kappa shape index (κ1) is 21.9. The lowest BCUT2D eigenvalue weighted by atomic mass is 9.92. The maximum absolute atomic E-state index is 12.7. The predicted octanol–water partition coefficient (Wildman–Crippen LogP) is 4.96. The first-order valence-electron chi connectivity index (χ1n) is 9.12. The Labute approximate surface area is 170 Å². The quantitative estimate of drug-likeness (QED) is 0.432. The van der Waals surface area contributed by atoms with E-state index in [2.05, 4.69) is 26.1 Å². The van der Waals surface area contributed by atoms with Gasteiger partial charge in [0.2, 0.25) is 5.91 Å². The molecule has 0 saturated heterocycles. The van der Waals surface area contributed by atoms with Gasteiger partial charge in [-0.2, -0.15) is 5.10 Å². The fraction of sp³-hybridized carbons (Fsp3) is 0.500. The maximum atomic E-state index is 12.7. The number of hydrogen-bond donors (Lipinski definition) is 1. The molecule has 1 atom stereocenters. The van der Waals surface area contributed by atoms with Gasteiger partial charge in [-0.25, -0.2) is 4.68 Å². The number of nitro groups is 1. The van der Waals surface area contributed by atoms with E-state index in [-0.39, 0.29) is 27.8 Å². The number of hydrogen-bond acceptors (Lipinski definition) is 5. The molecule has 1 amide bonds. The monoisotopic (exact) mass is 404 g/mol. The lowest BCUT2D eigenvalue weighted by molar-refractivity contribution is -0.384. The minimum Gasteiger partial charge on any atom is -0.310 e. The van der Waals surface area contributed by atoms with Gasteiger partial charge in [0.15, 0.2) is 0 Å². The van der Waals surface area contributed by atoms with Gasteiger partial charge in [0.25, 0.3) is 5.69 Å². The second-order valence-corrected chi connectivity index (χ2v) is 10.2. The Morgan fingerprint density at radius 3 is 2.21 bits per heavy atom. The number of thioether (sulfide) groups is 1. The van der Waals surface area contributed by atoms with Crippen molar-refractivity contribution >= 4 is 29.2 Å². The van der Waals surface area contributed by atoms with Crippen LogP contribution in [0.25, 0.3) is 0 Å². The summed E-state index contributed by atoms with van der Waals surface area (Å²) in [5, 5.41) is 18.1. The normalized spacial score (nSPS) is 13.2. The van der Waals surface area contributed by atoms with E-state index in [0.717, 1.165) is 10.6 Å². The molecule has 152 valence electrons. The molecule has 7 nitrogen and oxygen atoms in total. The standard InChI is InChI=1S/C20H28N4O3S/c1-13(28-15-10-8-14(9-11-15)24(26)27)18(25)21-17-12-16(19(2,3)4)22-23(17)20(5,6)7/h8-13H,1-7H3,(H,21,25). The summed E-state index contributed by atoms with van der Waals surface area (Å²) in [6, 6.07) is 8.12. The topological polar surface area (TPSA) is 90.1 Å². The number of nitrogens with zero attached hydrogens (tertiary/aromatic N) is 3. The van der Waals surface area contributed by atoms with E-state index in [1.165, 1.54) is 23.9 Å². The highest BCUT2D eigenvalue weighted by Gasteiger charge is 2.26. The van der Waals surface area contributed by atoms with Crippen LogP contribution in [0.3, 0.4) is 0 Å². The van der Waals surface area contributed by atoms with Crippen LogP contribution in [0.15, 0.2) is 35.2 Å². The number of non-ortho nitro benzene ring substituents is 1. The van der Waals surface area contributed by atoms with Crippen LogP contribution in [0, 0.1) is 10.1 Å². The molecule has 28 heavy (non-hydrogen) atoms. The molecule has 0 fully saturated rings. The lowest BCUT2D eigenvalue weighted by Crippen LogP contribution is -2.29. The SMILES string of the molecule is CC(Sc1ccc([N+](=O)[O-])cc1)C(=O)Nc1cc(C(C)(C)C)nn1C(C)(C)C. The highest BCUT2D eigenvalue weighted by molar-refractivity contribution is 8.00. The molecule has 0 aliphatic rings. The number of nitrogens with one attached hydrogen (secondary N) is 1. The van der Waals surface area contributed by atoms with Crippen LogP contribution in [0.5, 0.6) is 0 Å². The van der Waals surface area contributed by atoms with Crippen molar-refractivity contribution in [1.82, 2.24) is 9.78 Å². The lowest BCUT2D eigenvalue weighted by Gasteiger charge is -2.23. The molecule has 1 aromatic heterocycles. The summed E-state index contributed by atoms with van der Waals surface area (Å²) in [5.74, 6) is 0.521. The molecular formula is C20H28N4O3S. The maximum Gasteiger partial charge on any atom is 0.269 e. The summed E-state index contributed by atoms with van der Waals surface area (Å²) < 4.78 is 1.84. The van der Waals surface area contributed by atoms with Gasteiger partial charge in [0, 0.05) is 28.5 Å². The van der Waals surface area contributed by atoms with E-state index in [0.29, 0.717) is 5.82 Å². The van der Waals surface area contributed by atoms with Crippen molar-refractivity contribution in [1.29, 1.82) is 0 Å². The number of nitro benzene ring substituents is 1. The minimum absolute atomic E-state index is 0.0326. The summed E-state index contributed by atoms with van der Waals surface area (Å²) in [5.41, 5.74) is 0.536. The molecule has 0 spiro atoms. The highest BCUT2D eigenvalue weighted by atomic mass is 32.2. The second kappa shape index (κ2) is 7.95. The Bertz CT molecular complexity index is 861. The van der Waals surface area contributed by atoms with Crippen LogP contribution in [-0.2, 0) is 15.7 Å². The van der Waals surface area contributed by atoms with E-state index in [4.69, 9.17) is 5.10 Å². The molecule has 0 aliphatic carbocycles. The molecule has 2 rings (SSSR count). The Kier molecular flexibility index (Phi) is 6.23.